The average Bonchev–Trinajstić information content (AvgIpc) is 2.27. The summed E-state index contributed by atoms with van der Waals surface area (Å²) < 4.78 is 0. The molecule has 2 N–H and O–H groups in total. The fourth-order valence-electron chi connectivity index (χ4n) is 1.07. The molecule has 0 radical (unpaired) electrons. The number of amides is 1. The third-order valence-corrected chi connectivity index (χ3v) is 1.89. The highest BCUT2D eigenvalue weighted by atomic mass is 16.1. The number of hydrogen-bond donors (Lipinski definition) is 2. The summed E-state index contributed by atoms with van der Waals surface area (Å²) in [7, 11) is 1.86. The Kier molecular flexibility index (Phi) is 4.50. The van der Waals surface area contributed by atoms with Crippen LogP contribution in [0.5, 0.6) is 0 Å². The molecule has 80 valence electrons. The van der Waals surface area contributed by atoms with Gasteiger partial charge >= 0.3 is 0 Å². The first-order valence-corrected chi connectivity index (χ1v) is 4.78. The van der Waals surface area contributed by atoms with Crippen molar-refractivity contribution >= 4 is 5.91 Å². The van der Waals surface area contributed by atoms with Gasteiger partial charge in [-0.25, -0.2) is 0 Å². The number of hydrogen-bond acceptors (Lipinski definition) is 3. The van der Waals surface area contributed by atoms with Gasteiger partial charge in [0, 0.05) is 24.6 Å². The summed E-state index contributed by atoms with van der Waals surface area (Å²) in [5, 5.41) is 5.70. The van der Waals surface area contributed by atoms with Crippen molar-refractivity contribution in [3.05, 3.63) is 42.4 Å². The van der Waals surface area contributed by atoms with E-state index in [0.29, 0.717) is 11.3 Å². The molecule has 0 aromatic carbocycles. The first kappa shape index (κ1) is 11.4. The summed E-state index contributed by atoms with van der Waals surface area (Å²) in [6.07, 6.45) is 3.88. The first-order valence-electron chi connectivity index (χ1n) is 4.78. The molecule has 0 aliphatic rings. The van der Waals surface area contributed by atoms with Gasteiger partial charge in [0.1, 0.15) is 0 Å². The van der Waals surface area contributed by atoms with Gasteiger partial charge in [-0.15, -0.1) is 0 Å². The van der Waals surface area contributed by atoms with Gasteiger partial charge in [0.2, 0.25) is 0 Å². The number of aromatic nitrogens is 1. The molecule has 1 amide bonds. The van der Waals surface area contributed by atoms with Crippen molar-refractivity contribution in [1.29, 1.82) is 0 Å². The minimum Gasteiger partial charge on any atom is -0.326 e. The topological polar surface area (TPSA) is 54.0 Å². The average molecular weight is 205 g/mol. The van der Waals surface area contributed by atoms with Crippen LogP contribution in [0.15, 0.2) is 36.8 Å². The Bertz CT molecular complexity index is 335. The van der Waals surface area contributed by atoms with Gasteiger partial charge in [-0.1, -0.05) is 6.58 Å². The smallest absolute Gasteiger partial charge is 0.256 e. The Labute approximate surface area is 89.4 Å². The monoisotopic (exact) mass is 205 g/mol. The van der Waals surface area contributed by atoms with Crippen LogP contribution in [0.1, 0.15) is 16.8 Å². The lowest BCUT2D eigenvalue weighted by Gasteiger charge is -2.07. The van der Waals surface area contributed by atoms with Crippen molar-refractivity contribution in [2.24, 2.45) is 0 Å². The molecule has 1 heterocycles. The van der Waals surface area contributed by atoms with E-state index in [9.17, 15) is 4.79 Å². The molecule has 1 rings (SSSR count). The van der Waals surface area contributed by atoms with Crippen molar-refractivity contribution in [1.82, 2.24) is 15.6 Å². The molecule has 0 aliphatic carbocycles. The zero-order valence-electron chi connectivity index (χ0n) is 8.79. The van der Waals surface area contributed by atoms with E-state index in [0.717, 1.165) is 13.0 Å². The molecular weight excluding hydrogens is 190 g/mol. The highest BCUT2D eigenvalue weighted by molar-refractivity contribution is 5.94. The number of pyridine rings is 1. The van der Waals surface area contributed by atoms with E-state index in [2.05, 4.69) is 22.2 Å². The lowest BCUT2D eigenvalue weighted by Crippen LogP contribution is -2.24. The number of carbonyl (C=O) groups excluding carboxylic acids is 1. The van der Waals surface area contributed by atoms with E-state index >= 15 is 0 Å². The van der Waals surface area contributed by atoms with E-state index < -0.39 is 0 Å². The van der Waals surface area contributed by atoms with Crippen molar-refractivity contribution in [2.45, 2.75) is 6.42 Å². The fraction of sp³-hybridized carbons (Fsp3) is 0.273. The van der Waals surface area contributed by atoms with E-state index in [-0.39, 0.29) is 5.91 Å². The van der Waals surface area contributed by atoms with Gasteiger partial charge < -0.3 is 10.6 Å². The third kappa shape index (κ3) is 3.91. The summed E-state index contributed by atoms with van der Waals surface area (Å²) in [6, 6.07) is 3.44. The molecule has 0 spiro atoms. The predicted molar refractivity (Wildman–Crippen MR) is 59.4 cm³/mol. The number of carbonyl (C=O) groups is 1. The molecule has 15 heavy (non-hydrogen) atoms. The van der Waals surface area contributed by atoms with Crippen molar-refractivity contribution in [3.63, 3.8) is 0 Å². The van der Waals surface area contributed by atoms with Crippen molar-refractivity contribution < 1.29 is 4.79 Å². The third-order valence-electron chi connectivity index (χ3n) is 1.89. The molecule has 1 aromatic rings. The van der Waals surface area contributed by atoms with Gasteiger partial charge in [-0.05, 0) is 25.6 Å². The highest BCUT2D eigenvalue weighted by Gasteiger charge is 2.05. The van der Waals surface area contributed by atoms with Gasteiger partial charge in [0.25, 0.3) is 5.91 Å². The van der Waals surface area contributed by atoms with Crippen LogP contribution in [-0.2, 0) is 0 Å². The van der Waals surface area contributed by atoms with Gasteiger partial charge in [0.05, 0.1) is 5.56 Å². The largest absolute Gasteiger partial charge is 0.326 e. The summed E-state index contributed by atoms with van der Waals surface area (Å²) in [5.74, 6) is -0.163. The van der Waals surface area contributed by atoms with Crippen LogP contribution < -0.4 is 10.6 Å². The fourth-order valence-corrected chi connectivity index (χ4v) is 1.07. The lowest BCUT2D eigenvalue weighted by atomic mass is 10.2. The van der Waals surface area contributed by atoms with E-state index in [1.807, 2.05) is 7.05 Å². The van der Waals surface area contributed by atoms with E-state index in [1.165, 1.54) is 6.20 Å². The van der Waals surface area contributed by atoms with E-state index in [1.54, 1.807) is 18.3 Å². The zero-order valence-corrected chi connectivity index (χ0v) is 8.79. The number of nitrogens with one attached hydrogen (secondary N) is 2. The Hall–Kier alpha value is -1.68. The molecule has 0 unspecified atom stereocenters. The van der Waals surface area contributed by atoms with Gasteiger partial charge in [-0.2, -0.15) is 0 Å². The van der Waals surface area contributed by atoms with Crippen LogP contribution in [-0.4, -0.2) is 24.5 Å². The summed E-state index contributed by atoms with van der Waals surface area (Å²) in [4.78, 5) is 15.5. The second kappa shape index (κ2) is 5.93. The highest BCUT2D eigenvalue weighted by Crippen LogP contribution is 1.98. The maximum absolute atomic E-state index is 11.6. The molecule has 1 aromatic heterocycles. The van der Waals surface area contributed by atoms with Crippen LogP contribution in [0.4, 0.5) is 0 Å². The van der Waals surface area contributed by atoms with Crippen LogP contribution >= 0.6 is 0 Å². The Morgan fingerprint density at radius 2 is 2.40 bits per heavy atom. The molecule has 0 saturated carbocycles. The molecule has 0 fully saturated rings. The molecule has 0 atom stereocenters. The Morgan fingerprint density at radius 3 is 3.00 bits per heavy atom. The molecular formula is C11H15N3O. The molecule has 0 saturated heterocycles. The second-order valence-electron chi connectivity index (χ2n) is 3.15. The number of rotatable bonds is 5. The predicted octanol–water partition coefficient (Wildman–Crippen LogP) is 0.935. The van der Waals surface area contributed by atoms with Crippen LogP contribution in [0.3, 0.4) is 0 Å². The molecule has 0 bridgehead atoms. The maximum atomic E-state index is 11.6. The van der Waals surface area contributed by atoms with Gasteiger partial charge in [0.15, 0.2) is 0 Å². The van der Waals surface area contributed by atoms with Crippen LogP contribution in [0, 0.1) is 0 Å². The van der Waals surface area contributed by atoms with Crippen molar-refractivity contribution in [3.8, 4) is 0 Å². The van der Waals surface area contributed by atoms with E-state index in [4.69, 9.17) is 0 Å². The summed E-state index contributed by atoms with van der Waals surface area (Å²) in [6.45, 7) is 4.56. The summed E-state index contributed by atoms with van der Waals surface area (Å²) in [5.41, 5.74) is 1.25. The zero-order chi connectivity index (χ0) is 11.1. The number of nitrogens with zero attached hydrogens (tertiary/aromatic N) is 1. The van der Waals surface area contributed by atoms with Crippen LogP contribution in [0.2, 0.25) is 0 Å². The van der Waals surface area contributed by atoms with Crippen LogP contribution in [0.25, 0.3) is 0 Å². The molecule has 4 nitrogen and oxygen atoms in total. The lowest BCUT2D eigenvalue weighted by molar-refractivity contribution is 0.0964. The first-order chi connectivity index (χ1) is 7.24. The SMILES string of the molecule is C=C(CCNC)NC(=O)c1cccnc1. The second-order valence-corrected chi connectivity index (χ2v) is 3.15. The molecule has 0 aliphatic heterocycles. The standard InChI is InChI=1S/C11H15N3O/c1-9(5-7-12-2)14-11(15)10-4-3-6-13-8-10/h3-4,6,8,12H,1,5,7H2,2H3,(H,14,15). The quantitative estimate of drug-likeness (QED) is 0.752. The Balaban J connectivity index is 2.46. The molecule has 4 heteroatoms. The minimum atomic E-state index is -0.163. The Morgan fingerprint density at radius 1 is 1.60 bits per heavy atom. The van der Waals surface area contributed by atoms with Crippen molar-refractivity contribution in [2.75, 3.05) is 13.6 Å². The maximum Gasteiger partial charge on any atom is 0.256 e. The summed E-state index contributed by atoms with van der Waals surface area (Å²) >= 11 is 0. The minimum absolute atomic E-state index is 0.163. The van der Waals surface area contributed by atoms with Gasteiger partial charge in [-0.3, -0.25) is 9.78 Å². The normalized spacial score (nSPS) is 9.67.